The fraction of sp³-hybridized carbons (Fsp3) is 1.00. The Labute approximate surface area is 258 Å². The van der Waals surface area contributed by atoms with E-state index in [1.165, 1.54) is 122 Å². The Hall–Kier alpha value is 1.22. The van der Waals surface area contributed by atoms with E-state index in [-0.39, 0.29) is 48.0 Å². The minimum absolute atomic E-state index is 0. The van der Waals surface area contributed by atoms with Crippen LogP contribution in [0.3, 0.4) is 0 Å². The average molecular weight is 739 g/mol. The highest BCUT2D eigenvalue weighted by Crippen LogP contribution is 2.25. The summed E-state index contributed by atoms with van der Waals surface area (Å²) >= 11 is 0. The maximum Gasteiger partial charge on any atom is 0.102 e. The van der Waals surface area contributed by atoms with E-state index in [9.17, 15) is 0 Å². The van der Waals surface area contributed by atoms with E-state index < -0.39 is 0 Å². The molecule has 4 aliphatic heterocycles. The smallest absolute Gasteiger partial charge is 0.102 e. The first-order valence-corrected chi connectivity index (χ1v) is 14.4. The van der Waals surface area contributed by atoms with Gasteiger partial charge in [0.1, 0.15) is 26.2 Å². The molecule has 0 aromatic heterocycles. The van der Waals surface area contributed by atoms with Crippen molar-refractivity contribution in [2.75, 3.05) is 134 Å². The van der Waals surface area contributed by atoms with Gasteiger partial charge in [-0.15, -0.1) is 0 Å². The second kappa shape index (κ2) is 15.9. The van der Waals surface area contributed by atoms with Gasteiger partial charge in [-0.1, -0.05) is 0 Å². The first-order valence-electron chi connectivity index (χ1n) is 14.4. The van der Waals surface area contributed by atoms with E-state index in [1.54, 1.807) is 0 Å². The standard InChI is InChI=1S/2C14H30N2O.2HI/c2*1-15(2)7-4-14(5-8-15)6-9-16(3)10-12-17-13-11-16;;/h2*14H,4-13H2,1-3H3;2*1H/q2*+2;;/p-2. The van der Waals surface area contributed by atoms with Crippen LogP contribution in [0.15, 0.2) is 0 Å². The molecule has 0 aromatic rings. The molecule has 0 radical (unpaired) electrons. The highest BCUT2D eigenvalue weighted by Gasteiger charge is 2.31. The van der Waals surface area contributed by atoms with Crippen LogP contribution in [-0.2, 0) is 9.47 Å². The molecule has 4 fully saturated rings. The lowest BCUT2D eigenvalue weighted by Gasteiger charge is -2.40. The lowest BCUT2D eigenvalue weighted by atomic mass is 9.92. The summed E-state index contributed by atoms with van der Waals surface area (Å²) in [4.78, 5) is 0. The van der Waals surface area contributed by atoms with E-state index in [0.29, 0.717) is 0 Å². The molecule has 0 bridgehead atoms. The van der Waals surface area contributed by atoms with Gasteiger partial charge in [0, 0.05) is 0 Å². The topological polar surface area (TPSA) is 18.5 Å². The van der Waals surface area contributed by atoms with Gasteiger partial charge < -0.3 is 75.4 Å². The van der Waals surface area contributed by atoms with Gasteiger partial charge in [-0.05, 0) is 50.4 Å². The summed E-state index contributed by atoms with van der Waals surface area (Å²) in [5.74, 6) is 1.97. The summed E-state index contributed by atoms with van der Waals surface area (Å²) in [6.07, 6.45) is 8.59. The number of likely N-dealkylation sites (tertiary alicyclic amines) is 2. The van der Waals surface area contributed by atoms with Crippen molar-refractivity contribution in [3.8, 4) is 0 Å². The van der Waals surface area contributed by atoms with Gasteiger partial charge >= 0.3 is 0 Å². The normalized spacial score (nSPS) is 27.5. The molecule has 0 N–H and O–H groups in total. The van der Waals surface area contributed by atoms with E-state index in [0.717, 1.165) is 38.3 Å². The van der Waals surface area contributed by atoms with E-state index in [4.69, 9.17) is 9.47 Å². The van der Waals surface area contributed by atoms with Crippen LogP contribution in [0, 0.1) is 11.8 Å². The summed E-state index contributed by atoms with van der Waals surface area (Å²) in [7, 11) is 14.3. The summed E-state index contributed by atoms with van der Waals surface area (Å²) in [5.41, 5.74) is 0. The van der Waals surface area contributed by atoms with E-state index in [1.807, 2.05) is 0 Å². The molecular formula is C28H60I2N4O2+2. The predicted molar refractivity (Wildman–Crippen MR) is 142 cm³/mol. The molecule has 8 heteroatoms. The van der Waals surface area contributed by atoms with Crippen molar-refractivity contribution in [1.29, 1.82) is 0 Å². The molecule has 0 unspecified atom stereocenters. The summed E-state index contributed by atoms with van der Waals surface area (Å²) < 4.78 is 15.9. The quantitative estimate of drug-likeness (QED) is 0.210. The zero-order chi connectivity index (χ0) is 24.7. The Kier molecular flexibility index (Phi) is 15.5. The first kappa shape index (κ1) is 35.2. The molecule has 0 aromatic carbocycles. The number of quaternary nitrogens is 4. The Balaban J connectivity index is 0.000000341. The SMILES string of the molecule is C[N+]1(C)CCC(CC[N+]2(C)CCOCC2)CC1.C[N+]1(C)CCC(CC[N+]2(C)CCOCC2)CC1.[I-].[I-]. The maximum atomic E-state index is 5.47. The molecule has 0 saturated carbocycles. The van der Waals surface area contributed by atoms with Gasteiger partial charge in [0.25, 0.3) is 0 Å². The Morgan fingerprint density at radius 3 is 1.03 bits per heavy atom. The Morgan fingerprint density at radius 2 is 0.750 bits per heavy atom. The lowest BCUT2D eigenvalue weighted by molar-refractivity contribution is -0.918. The number of piperidine rings is 2. The number of morpholine rings is 2. The molecule has 216 valence electrons. The predicted octanol–water partition coefficient (Wildman–Crippen LogP) is -3.31. The fourth-order valence-corrected chi connectivity index (χ4v) is 6.22. The zero-order valence-corrected chi connectivity index (χ0v) is 29.0. The van der Waals surface area contributed by atoms with Crippen LogP contribution in [0.2, 0.25) is 0 Å². The van der Waals surface area contributed by atoms with Gasteiger partial charge in [-0.2, -0.15) is 0 Å². The van der Waals surface area contributed by atoms with Crippen LogP contribution in [0.4, 0.5) is 0 Å². The number of likely N-dealkylation sites (N-methyl/N-ethyl adjacent to an activating group) is 2. The van der Waals surface area contributed by atoms with Crippen molar-refractivity contribution in [1.82, 2.24) is 0 Å². The van der Waals surface area contributed by atoms with Gasteiger partial charge in [0.05, 0.1) is 108 Å². The molecule has 4 saturated heterocycles. The zero-order valence-electron chi connectivity index (χ0n) is 24.7. The van der Waals surface area contributed by atoms with Crippen molar-refractivity contribution in [2.45, 2.75) is 38.5 Å². The van der Waals surface area contributed by atoms with Crippen LogP contribution >= 0.6 is 0 Å². The number of ether oxygens (including phenoxy) is 2. The molecule has 4 aliphatic rings. The molecular weight excluding hydrogens is 678 g/mol. The lowest BCUT2D eigenvalue weighted by Crippen LogP contribution is -3.00. The molecule has 4 rings (SSSR count). The van der Waals surface area contributed by atoms with Gasteiger partial charge in [0.15, 0.2) is 0 Å². The molecule has 0 amide bonds. The average Bonchev–Trinajstić information content (AvgIpc) is 2.79. The van der Waals surface area contributed by atoms with Crippen molar-refractivity contribution in [3.05, 3.63) is 0 Å². The van der Waals surface area contributed by atoms with Crippen LogP contribution in [0.1, 0.15) is 38.5 Å². The Bertz CT molecular complexity index is 536. The number of hydrogen-bond acceptors (Lipinski definition) is 2. The van der Waals surface area contributed by atoms with E-state index >= 15 is 0 Å². The molecule has 6 nitrogen and oxygen atoms in total. The highest BCUT2D eigenvalue weighted by atomic mass is 127. The molecule has 0 spiro atoms. The number of halogens is 2. The third kappa shape index (κ3) is 12.6. The number of rotatable bonds is 6. The summed E-state index contributed by atoms with van der Waals surface area (Å²) in [6, 6.07) is 0. The fourth-order valence-electron chi connectivity index (χ4n) is 6.22. The number of hydrogen-bond donors (Lipinski definition) is 0. The van der Waals surface area contributed by atoms with Gasteiger partial charge in [-0.25, -0.2) is 0 Å². The maximum absolute atomic E-state index is 5.47. The second-order valence-corrected chi connectivity index (χ2v) is 14.0. The van der Waals surface area contributed by atoms with Crippen molar-refractivity contribution in [2.24, 2.45) is 11.8 Å². The largest absolute Gasteiger partial charge is 1.00 e. The minimum Gasteiger partial charge on any atom is -1.00 e. The highest BCUT2D eigenvalue weighted by molar-refractivity contribution is 4.65. The van der Waals surface area contributed by atoms with Gasteiger partial charge in [0.2, 0.25) is 0 Å². The van der Waals surface area contributed by atoms with Crippen molar-refractivity contribution < 1.29 is 75.4 Å². The molecule has 36 heavy (non-hydrogen) atoms. The first-order chi connectivity index (χ1) is 16.0. The third-order valence-electron chi connectivity index (χ3n) is 9.83. The molecule has 0 atom stereocenters. The second-order valence-electron chi connectivity index (χ2n) is 14.0. The third-order valence-corrected chi connectivity index (χ3v) is 9.83. The van der Waals surface area contributed by atoms with Crippen molar-refractivity contribution >= 4 is 0 Å². The van der Waals surface area contributed by atoms with Crippen LogP contribution in [0.5, 0.6) is 0 Å². The monoisotopic (exact) mass is 738 g/mol. The van der Waals surface area contributed by atoms with Crippen LogP contribution in [0.25, 0.3) is 0 Å². The minimum atomic E-state index is 0. The van der Waals surface area contributed by atoms with Crippen LogP contribution in [-0.4, -0.2) is 152 Å². The molecule has 0 aliphatic carbocycles. The van der Waals surface area contributed by atoms with Crippen molar-refractivity contribution in [3.63, 3.8) is 0 Å². The summed E-state index contributed by atoms with van der Waals surface area (Å²) in [5, 5.41) is 0. The van der Waals surface area contributed by atoms with E-state index in [2.05, 4.69) is 42.3 Å². The number of nitrogens with zero attached hydrogens (tertiary/aromatic N) is 4. The Morgan fingerprint density at radius 1 is 0.472 bits per heavy atom. The van der Waals surface area contributed by atoms with Gasteiger partial charge in [-0.3, -0.25) is 0 Å². The molecule has 4 heterocycles. The van der Waals surface area contributed by atoms with Crippen LogP contribution < -0.4 is 48.0 Å². The summed E-state index contributed by atoms with van der Waals surface area (Å²) in [6.45, 7) is 16.9.